The summed E-state index contributed by atoms with van der Waals surface area (Å²) in [5.74, 6) is 1.91. The Labute approximate surface area is 214 Å². The molecule has 2 atom stereocenters. The van der Waals surface area contributed by atoms with Crippen LogP contribution in [0.25, 0.3) is 0 Å². The molecule has 0 saturated carbocycles. The molecule has 0 spiro atoms. The maximum absolute atomic E-state index is 13.6. The smallest absolute Gasteiger partial charge is 0.254 e. The fraction of sp³-hybridized carbons (Fsp3) is 0.387. The van der Waals surface area contributed by atoms with Crippen LogP contribution in [0.1, 0.15) is 51.9 Å². The first kappa shape index (κ1) is 24.4. The third-order valence-electron chi connectivity index (χ3n) is 7.29. The number of carbonyl (C=O) groups excluding carboxylic acids is 1. The highest BCUT2D eigenvalue weighted by Crippen LogP contribution is 2.35. The van der Waals surface area contributed by atoms with Gasteiger partial charge in [-0.2, -0.15) is 0 Å². The summed E-state index contributed by atoms with van der Waals surface area (Å²) in [5, 5.41) is 3.78. The third kappa shape index (κ3) is 5.73. The van der Waals surface area contributed by atoms with E-state index in [0.29, 0.717) is 12.8 Å². The van der Waals surface area contributed by atoms with E-state index in [9.17, 15) is 4.79 Å². The van der Waals surface area contributed by atoms with E-state index in [2.05, 4.69) is 60.5 Å². The lowest BCUT2D eigenvalue weighted by Gasteiger charge is -2.40. The van der Waals surface area contributed by atoms with Gasteiger partial charge in [0.2, 0.25) is 6.79 Å². The predicted octanol–water partition coefficient (Wildman–Crippen LogP) is 5.47. The average Bonchev–Trinajstić information content (AvgIpc) is 3.36. The van der Waals surface area contributed by atoms with E-state index in [1.807, 2.05) is 30.3 Å². The summed E-state index contributed by atoms with van der Waals surface area (Å²) in [6, 6.07) is 23.4. The molecule has 2 aliphatic rings. The van der Waals surface area contributed by atoms with E-state index >= 15 is 0 Å². The first-order valence-corrected chi connectivity index (χ1v) is 13.1. The van der Waals surface area contributed by atoms with E-state index in [1.165, 1.54) is 11.1 Å². The van der Waals surface area contributed by atoms with Gasteiger partial charge < -0.3 is 19.7 Å². The van der Waals surface area contributed by atoms with Gasteiger partial charge in [0.25, 0.3) is 5.91 Å². The van der Waals surface area contributed by atoms with E-state index in [0.717, 1.165) is 73.4 Å². The van der Waals surface area contributed by atoms with Gasteiger partial charge in [0, 0.05) is 24.2 Å². The fourth-order valence-electron chi connectivity index (χ4n) is 5.62. The maximum Gasteiger partial charge on any atom is 0.254 e. The molecule has 0 unspecified atom stereocenters. The lowest BCUT2D eigenvalue weighted by Crippen LogP contribution is -2.52. The van der Waals surface area contributed by atoms with Crippen molar-refractivity contribution in [3.8, 4) is 11.5 Å². The molecular formula is C31H36N2O3. The summed E-state index contributed by atoms with van der Waals surface area (Å²) in [6.07, 6.45) is 4.80. The fourth-order valence-corrected chi connectivity index (χ4v) is 5.62. The molecule has 0 radical (unpaired) electrons. The standard InChI is InChI=1S/C31H36N2O3/c1-22-16-23(2)18-26(17-22)31(34)33-15-13-27(20-28(33)19-24-8-4-3-5-9-24)32-14-7-11-25-10-6-12-29-30(25)36-21-35-29/h3-6,8-10,12,16-18,27-28,32H,7,11,13-15,19-21H2,1-2H3/t27-,28-/m0/s1. The van der Waals surface area contributed by atoms with Gasteiger partial charge in [0.05, 0.1) is 0 Å². The Morgan fingerprint density at radius 3 is 2.61 bits per heavy atom. The zero-order valence-electron chi connectivity index (χ0n) is 21.3. The molecule has 5 nitrogen and oxygen atoms in total. The van der Waals surface area contributed by atoms with E-state index < -0.39 is 0 Å². The molecule has 2 aliphatic heterocycles. The van der Waals surface area contributed by atoms with Crippen molar-refractivity contribution in [1.82, 2.24) is 10.2 Å². The number of piperidine rings is 1. The SMILES string of the molecule is Cc1cc(C)cc(C(=O)N2CC[C@H](NCCCc3cccc4c3OCO4)C[C@@H]2Cc2ccccc2)c1. The number of aryl methyl sites for hydroxylation is 3. The summed E-state index contributed by atoms with van der Waals surface area (Å²) in [7, 11) is 0. The van der Waals surface area contributed by atoms with Crippen LogP contribution in [-0.2, 0) is 12.8 Å². The van der Waals surface area contributed by atoms with E-state index in [-0.39, 0.29) is 11.9 Å². The Kier molecular flexibility index (Phi) is 7.57. The van der Waals surface area contributed by atoms with Crippen LogP contribution in [0.5, 0.6) is 11.5 Å². The Hall–Kier alpha value is -3.31. The lowest BCUT2D eigenvalue weighted by atomic mass is 9.91. The summed E-state index contributed by atoms with van der Waals surface area (Å²) >= 11 is 0. The number of ether oxygens (including phenoxy) is 2. The van der Waals surface area contributed by atoms with E-state index in [4.69, 9.17) is 9.47 Å². The van der Waals surface area contributed by atoms with Crippen molar-refractivity contribution in [2.24, 2.45) is 0 Å². The van der Waals surface area contributed by atoms with Crippen LogP contribution in [-0.4, -0.2) is 42.8 Å². The van der Waals surface area contributed by atoms with Crippen LogP contribution in [0, 0.1) is 13.8 Å². The summed E-state index contributed by atoms with van der Waals surface area (Å²) in [4.78, 5) is 15.7. The number of benzene rings is 3. The van der Waals surface area contributed by atoms with E-state index in [1.54, 1.807) is 0 Å². The minimum atomic E-state index is 0.154. The second kappa shape index (κ2) is 11.2. The monoisotopic (exact) mass is 484 g/mol. The molecule has 0 aliphatic carbocycles. The molecule has 36 heavy (non-hydrogen) atoms. The number of likely N-dealkylation sites (tertiary alicyclic amines) is 1. The van der Waals surface area contributed by atoms with Crippen molar-refractivity contribution >= 4 is 5.91 Å². The van der Waals surface area contributed by atoms with Gasteiger partial charge in [-0.15, -0.1) is 0 Å². The molecule has 5 rings (SSSR count). The highest BCUT2D eigenvalue weighted by Gasteiger charge is 2.32. The van der Waals surface area contributed by atoms with Gasteiger partial charge in [0.15, 0.2) is 11.5 Å². The van der Waals surface area contributed by atoms with Gasteiger partial charge in [-0.1, -0.05) is 59.7 Å². The Bertz CT molecular complexity index is 1170. The number of nitrogens with one attached hydrogen (secondary N) is 1. The van der Waals surface area contributed by atoms with Crippen molar-refractivity contribution in [3.05, 3.63) is 94.5 Å². The highest BCUT2D eigenvalue weighted by atomic mass is 16.7. The van der Waals surface area contributed by atoms with Crippen LogP contribution in [0.4, 0.5) is 0 Å². The molecule has 3 aromatic carbocycles. The summed E-state index contributed by atoms with van der Waals surface area (Å²) in [6.45, 7) is 6.15. The first-order chi connectivity index (χ1) is 17.6. The van der Waals surface area contributed by atoms with Gasteiger partial charge in [0.1, 0.15) is 0 Å². The second-order valence-electron chi connectivity index (χ2n) is 10.1. The zero-order valence-corrected chi connectivity index (χ0v) is 21.3. The number of fused-ring (bicyclic) bond motifs is 1. The number of nitrogens with zero attached hydrogens (tertiary/aromatic N) is 1. The molecule has 1 saturated heterocycles. The first-order valence-electron chi connectivity index (χ1n) is 13.1. The van der Waals surface area contributed by atoms with Gasteiger partial charge in [-0.05, 0) is 81.8 Å². The average molecular weight is 485 g/mol. The minimum absolute atomic E-state index is 0.154. The maximum atomic E-state index is 13.6. The summed E-state index contributed by atoms with van der Waals surface area (Å²) in [5.41, 5.74) is 5.56. The Balaban J connectivity index is 1.22. The van der Waals surface area contributed by atoms with Crippen LogP contribution in [0.2, 0.25) is 0 Å². The molecule has 1 N–H and O–H groups in total. The molecule has 1 amide bonds. The van der Waals surface area contributed by atoms with Crippen LogP contribution in [0.3, 0.4) is 0 Å². The van der Waals surface area contributed by atoms with Crippen LogP contribution < -0.4 is 14.8 Å². The lowest BCUT2D eigenvalue weighted by molar-refractivity contribution is 0.0577. The number of para-hydroxylation sites is 1. The largest absolute Gasteiger partial charge is 0.454 e. The minimum Gasteiger partial charge on any atom is -0.454 e. The molecule has 3 aromatic rings. The number of hydrogen-bond donors (Lipinski definition) is 1. The topological polar surface area (TPSA) is 50.8 Å². The number of carbonyl (C=O) groups is 1. The third-order valence-corrected chi connectivity index (χ3v) is 7.29. The van der Waals surface area contributed by atoms with Crippen LogP contribution >= 0.6 is 0 Å². The highest BCUT2D eigenvalue weighted by molar-refractivity contribution is 5.95. The Morgan fingerprint density at radius 2 is 1.81 bits per heavy atom. The molecule has 0 bridgehead atoms. The van der Waals surface area contributed by atoms with Crippen molar-refractivity contribution in [3.63, 3.8) is 0 Å². The summed E-state index contributed by atoms with van der Waals surface area (Å²) < 4.78 is 11.2. The predicted molar refractivity (Wildman–Crippen MR) is 143 cm³/mol. The van der Waals surface area contributed by atoms with Gasteiger partial charge in [-0.25, -0.2) is 0 Å². The van der Waals surface area contributed by atoms with Crippen LogP contribution in [0.15, 0.2) is 66.7 Å². The normalized spacial score (nSPS) is 18.9. The van der Waals surface area contributed by atoms with Crippen molar-refractivity contribution in [2.75, 3.05) is 19.9 Å². The molecule has 188 valence electrons. The molecule has 2 heterocycles. The van der Waals surface area contributed by atoms with Crippen molar-refractivity contribution < 1.29 is 14.3 Å². The quantitative estimate of drug-likeness (QED) is 0.431. The number of amides is 1. The molecule has 1 fully saturated rings. The second-order valence-corrected chi connectivity index (χ2v) is 10.1. The molecule has 5 heteroatoms. The van der Waals surface area contributed by atoms with Crippen molar-refractivity contribution in [1.29, 1.82) is 0 Å². The molecular weight excluding hydrogens is 448 g/mol. The number of hydrogen-bond acceptors (Lipinski definition) is 4. The van der Waals surface area contributed by atoms with Gasteiger partial charge >= 0.3 is 0 Å². The van der Waals surface area contributed by atoms with Crippen molar-refractivity contribution in [2.45, 2.75) is 58.0 Å². The van der Waals surface area contributed by atoms with Gasteiger partial charge in [-0.3, -0.25) is 4.79 Å². The zero-order chi connectivity index (χ0) is 24.9. The molecule has 0 aromatic heterocycles. The number of rotatable bonds is 8. The Morgan fingerprint density at radius 1 is 1.00 bits per heavy atom.